The summed E-state index contributed by atoms with van der Waals surface area (Å²) < 4.78 is 5.54. The second-order valence-electron chi connectivity index (χ2n) is 6.10. The maximum Gasteiger partial charge on any atom is 0.314 e. The van der Waals surface area contributed by atoms with E-state index in [2.05, 4.69) is 10.6 Å². The van der Waals surface area contributed by atoms with Crippen molar-refractivity contribution in [1.29, 1.82) is 0 Å². The molecular formula is C18H25ClN2O3. The molecule has 24 heavy (non-hydrogen) atoms. The van der Waals surface area contributed by atoms with Crippen molar-refractivity contribution in [3.05, 3.63) is 34.9 Å². The Labute approximate surface area is 148 Å². The first-order valence-corrected chi connectivity index (χ1v) is 8.93. The van der Waals surface area contributed by atoms with E-state index in [-0.39, 0.29) is 24.1 Å². The third-order valence-corrected chi connectivity index (χ3v) is 4.39. The maximum absolute atomic E-state index is 12.0. The topological polar surface area (TPSA) is 67.4 Å². The summed E-state index contributed by atoms with van der Waals surface area (Å²) in [7, 11) is 0. The van der Waals surface area contributed by atoms with E-state index in [9.17, 15) is 9.59 Å². The third kappa shape index (κ3) is 6.40. The molecule has 0 atom stereocenters. The summed E-state index contributed by atoms with van der Waals surface area (Å²) >= 11 is 5.93. The lowest BCUT2D eigenvalue weighted by molar-refractivity contribution is -0.150. The quantitative estimate of drug-likeness (QED) is 0.770. The van der Waals surface area contributed by atoms with E-state index >= 15 is 0 Å². The van der Waals surface area contributed by atoms with Crippen molar-refractivity contribution in [2.45, 2.75) is 57.6 Å². The molecule has 6 heteroatoms. The minimum Gasteiger partial charge on any atom is -0.462 e. The predicted molar refractivity (Wildman–Crippen MR) is 94.1 cm³/mol. The lowest BCUT2D eigenvalue weighted by atomic mass is 9.93. The van der Waals surface area contributed by atoms with E-state index in [1.54, 1.807) is 0 Å². The van der Waals surface area contributed by atoms with Crippen LogP contribution in [0.15, 0.2) is 24.3 Å². The molecule has 5 nitrogen and oxygen atoms in total. The fraction of sp³-hybridized carbons (Fsp3) is 0.556. The fourth-order valence-electron chi connectivity index (χ4n) is 2.91. The van der Waals surface area contributed by atoms with E-state index in [1.165, 1.54) is 0 Å². The largest absolute Gasteiger partial charge is 0.462 e. The van der Waals surface area contributed by atoms with Gasteiger partial charge in [0, 0.05) is 24.0 Å². The zero-order valence-corrected chi connectivity index (χ0v) is 14.8. The van der Waals surface area contributed by atoms with E-state index in [0.717, 1.165) is 31.2 Å². The molecule has 0 bridgehead atoms. The standard InChI is InChI=1S/C18H25ClN2O3/c1-2-20-18(23)21-15-7-9-16(10-8-15)24-17(22)11-6-13-4-3-5-14(19)12-13/h3-5,12,15-16H,2,6-11H2,1H3,(H2,20,21,23). The number of amides is 2. The highest BCUT2D eigenvalue weighted by atomic mass is 35.5. The van der Waals surface area contributed by atoms with Crippen molar-refractivity contribution >= 4 is 23.6 Å². The van der Waals surface area contributed by atoms with Crippen LogP contribution in [0.25, 0.3) is 0 Å². The van der Waals surface area contributed by atoms with E-state index in [1.807, 2.05) is 31.2 Å². The van der Waals surface area contributed by atoms with Gasteiger partial charge in [0.2, 0.25) is 0 Å². The highest BCUT2D eigenvalue weighted by Gasteiger charge is 2.24. The van der Waals surface area contributed by atoms with Gasteiger partial charge in [0.05, 0.1) is 0 Å². The van der Waals surface area contributed by atoms with Crippen LogP contribution < -0.4 is 10.6 Å². The molecule has 1 fully saturated rings. The van der Waals surface area contributed by atoms with Crippen molar-refractivity contribution in [3.63, 3.8) is 0 Å². The van der Waals surface area contributed by atoms with E-state index in [0.29, 0.717) is 24.4 Å². The molecule has 0 aromatic heterocycles. The summed E-state index contributed by atoms with van der Waals surface area (Å²) in [5.74, 6) is -0.171. The predicted octanol–water partition coefficient (Wildman–Crippen LogP) is 3.45. The van der Waals surface area contributed by atoms with Crippen molar-refractivity contribution in [2.75, 3.05) is 6.54 Å². The number of aryl methyl sites for hydroxylation is 1. The summed E-state index contributed by atoms with van der Waals surface area (Å²) in [5.41, 5.74) is 1.04. The van der Waals surface area contributed by atoms with E-state index < -0.39 is 0 Å². The molecule has 0 aliphatic heterocycles. The first kappa shape index (κ1) is 18.6. The minimum atomic E-state index is -0.171. The second kappa shape index (κ2) is 9.52. The second-order valence-corrected chi connectivity index (χ2v) is 6.53. The molecule has 1 saturated carbocycles. The molecular weight excluding hydrogens is 328 g/mol. The number of hydrogen-bond donors (Lipinski definition) is 2. The Morgan fingerprint density at radius 2 is 2.00 bits per heavy atom. The van der Waals surface area contributed by atoms with Crippen LogP contribution in [0.3, 0.4) is 0 Å². The smallest absolute Gasteiger partial charge is 0.314 e. The summed E-state index contributed by atoms with van der Waals surface area (Å²) in [6.45, 7) is 2.50. The Morgan fingerprint density at radius 1 is 1.25 bits per heavy atom. The Balaban J connectivity index is 1.66. The van der Waals surface area contributed by atoms with Gasteiger partial charge >= 0.3 is 12.0 Å². The average Bonchev–Trinajstić information content (AvgIpc) is 2.55. The SMILES string of the molecule is CCNC(=O)NC1CCC(OC(=O)CCc2cccc(Cl)c2)CC1. The number of rotatable bonds is 6. The number of benzene rings is 1. The monoisotopic (exact) mass is 352 g/mol. The molecule has 1 aliphatic rings. The molecule has 0 heterocycles. The van der Waals surface area contributed by atoms with Crippen LogP contribution in [0.2, 0.25) is 5.02 Å². The zero-order valence-electron chi connectivity index (χ0n) is 14.0. The molecule has 132 valence electrons. The van der Waals surface area contributed by atoms with Crippen LogP contribution in [0, 0.1) is 0 Å². The van der Waals surface area contributed by atoms with Crippen LogP contribution in [-0.2, 0) is 16.0 Å². The Bertz CT molecular complexity index is 557. The van der Waals surface area contributed by atoms with Crippen LogP contribution in [0.1, 0.15) is 44.6 Å². The number of urea groups is 1. The molecule has 2 rings (SSSR count). The average molecular weight is 353 g/mol. The minimum absolute atomic E-state index is 0.0378. The van der Waals surface area contributed by atoms with Gasteiger partial charge in [-0.15, -0.1) is 0 Å². The van der Waals surface area contributed by atoms with Crippen molar-refractivity contribution in [2.24, 2.45) is 0 Å². The van der Waals surface area contributed by atoms with Gasteiger partial charge in [0.1, 0.15) is 6.10 Å². The molecule has 0 unspecified atom stereocenters. The molecule has 0 saturated heterocycles. The van der Waals surface area contributed by atoms with Gasteiger partial charge < -0.3 is 15.4 Å². The van der Waals surface area contributed by atoms with E-state index in [4.69, 9.17) is 16.3 Å². The lowest BCUT2D eigenvalue weighted by Gasteiger charge is -2.28. The maximum atomic E-state index is 12.0. The van der Waals surface area contributed by atoms with Gasteiger partial charge in [-0.05, 0) is 56.7 Å². The van der Waals surface area contributed by atoms with Gasteiger partial charge in [0.25, 0.3) is 0 Å². The number of carbonyl (C=O) groups excluding carboxylic acids is 2. The van der Waals surface area contributed by atoms with Gasteiger partial charge in [-0.1, -0.05) is 23.7 Å². The summed E-state index contributed by atoms with van der Waals surface area (Å²) in [6, 6.07) is 7.56. The lowest BCUT2D eigenvalue weighted by Crippen LogP contribution is -2.44. The Kier molecular flexibility index (Phi) is 7.37. The Hall–Kier alpha value is -1.75. The molecule has 0 spiro atoms. The summed E-state index contributed by atoms with van der Waals surface area (Å²) in [6.07, 6.45) is 4.21. The highest BCUT2D eigenvalue weighted by Crippen LogP contribution is 2.22. The third-order valence-electron chi connectivity index (χ3n) is 4.15. The molecule has 1 aromatic carbocycles. The van der Waals surface area contributed by atoms with Crippen molar-refractivity contribution in [3.8, 4) is 0 Å². The van der Waals surface area contributed by atoms with Crippen LogP contribution in [-0.4, -0.2) is 30.7 Å². The van der Waals surface area contributed by atoms with Gasteiger partial charge in [0.15, 0.2) is 0 Å². The summed E-state index contributed by atoms with van der Waals surface area (Å²) in [4.78, 5) is 23.5. The van der Waals surface area contributed by atoms with Crippen molar-refractivity contribution in [1.82, 2.24) is 10.6 Å². The number of nitrogens with one attached hydrogen (secondary N) is 2. The summed E-state index contributed by atoms with van der Waals surface area (Å²) in [5, 5.41) is 6.35. The van der Waals surface area contributed by atoms with Crippen LogP contribution in [0.5, 0.6) is 0 Å². The first-order valence-electron chi connectivity index (χ1n) is 8.55. The highest BCUT2D eigenvalue weighted by molar-refractivity contribution is 6.30. The molecule has 1 aromatic rings. The number of esters is 1. The van der Waals surface area contributed by atoms with Gasteiger partial charge in [-0.25, -0.2) is 4.79 Å². The number of ether oxygens (including phenoxy) is 1. The number of carbonyl (C=O) groups is 2. The molecule has 1 aliphatic carbocycles. The normalized spacial score (nSPS) is 20.2. The van der Waals surface area contributed by atoms with Crippen molar-refractivity contribution < 1.29 is 14.3 Å². The first-order chi connectivity index (χ1) is 11.6. The Morgan fingerprint density at radius 3 is 2.67 bits per heavy atom. The number of hydrogen-bond acceptors (Lipinski definition) is 3. The molecule has 2 N–H and O–H groups in total. The molecule has 2 amide bonds. The fourth-order valence-corrected chi connectivity index (χ4v) is 3.12. The molecule has 0 radical (unpaired) electrons. The van der Waals surface area contributed by atoms with Crippen LogP contribution >= 0.6 is 11.6 Å². The zero-order chi connectivity index (χ0) is 17.4. The van der Waals surface area contributed by atoms with Gasteiger partial charge in [-0.3, -0.25) is 4.79 Å². The van der Waals surface area contributed by atoms with Crippen LogP contribution in [0.4, 0.5) is 4.79 Å². The van der Waals surface area contributed by atoms with Gasteiger partial charge in [-0.2, -0.15) is 0 Å². The number of halogens is 1.